The van der Waals surface area contributed by atoms with Crippen molar-refractivity contribution in [1.82, 2.24) is 4.90 Å². The molecule has 1 aliphatic rings. The molecule has 1 aliphatic carbocycles. The van der Waals surface area contributed by atoms with Crippen LogP contribution in [-0.4, -0.2) is 37.6 Å². The minimum absolute atomic E-state index is 0.114. The van der Waals surface area contributed by atoms with Gasteiger partial charge in [-0.1, -0.05) is 6.92 Å². The van der Waals surface area contributed by atoms with Crippen LogP contribution in [0.25, 0.3) is 0 Å². The first-order chi connectivity index (χ1) is 6.99. The van der Waals surface area contributed by atoms with Crippen LogP contribution in [0, 0.1) is 11.3 Å². The maximum Gasteiger partial charge on any atom is 0.312 e. The Morgan fingerprint density at radius 3 is 2.47 bits per heavy atom. The van der Waals surface area contributed by atoms with Crippen molar-refractivity contribution >= 4 is 5.97 Å². The number of rotatable bonds is 6. The second-order valence-corrected chi connectivity index (χ2v) is 5.15. The van der Waals surface area contributed by atoms with Gasteiger partial charge in [-0.05, 0) is 39.2 Å². The first-order valence-corrected chi connectivity index (χ1v) is 5.80. The Hall–Kier alpha value is -0.570. The van der Waals surface area contributed by atoms with Gasteiger partial charge in [-0.15, -0.1) is 0 Å². The third-order valence-electron chi connectivity index (χ3n) is 3.02. The topological polar surface area (TPSA) is 29.5 Å². The highest BCUT2D eigenvalue weighted by atomic mass is 16.5. The lowest BCUT2D eigenvalue weighted by Gasteiger charge is -2.29. The van der Waals surface area contributed by atoms with E-state index in [4.69, 9.17) is 4.74 Å². The predicted octanol–water partition coefficient (Wildman–Crippen LogP) is 1.92. The summed E-state index contributed by atoms with van der Waals surface area (Å²) in [7, 11) is 1.46. The number of methoxy groups -OCH3 is 1. The van der Waals surface area contributed by atoms with Gasteiger partial charge in [-0.3, -0.25) is 4.79 Å². The molecule has 0 aromatic heterocycles. The zero-order chi connectivity index (χ0) is 11.5. The quantitative estimate of drug-likeness (QED) is 0.631. The van der Waals surface area contributed by atoms with Gasteiger partial charge >= 0.3 is 5.97 Å². The van der Waals surface area contributed by atoms with Crippen LogP contribution in [0.4, 0.5) is 0 Å². The van der Waals surface area contributed by atoms with Crippen LogP contribution in [0.15, 0.2) is 0 Å². The zero-order valence-corrected chi connectivity index (χ0v) is 10.4. The fourth-order valence-corrected chi connectivity index (χ4v) is 1.87. The molecule has 1 rings (SSSR count). The molecular weight excluding hydrogens is 190 g/mol. The summed E-state index contributed by atoms with van der Waals surface area (Å²) in [5.41, 5.74) is -0.389. The molecule has 0 aliphatic heterocycles. The van der Waals surface area contributed by atoms with E-state index in [1.807, 2.05) is 13.8 Å². The highest BCUT2D eigenvalue weighted by Gasteiger charge is 2.32. The Bertz CT molecular complexity index is 222. The number of ether oxygens (including phenoxy) is 1. The molecule has 88 valence electrons. The van der Waals surface area contributed by atoms with E-state index in [1.54, 1.807) is 0 Å². The van der Waals surface area contributed by atoms with Crippen LogP contribution >= 0.6 is 0 Å². The average Bonchev–Trinajstić information content (AvgIpc) is 2.98. The predicted molar refractivity (Wildman–Crippen MR) is 60.6 cm³/mol. The van der Waals surface area contributed by atoms with Crippen LogP contribution in [-0.2, 0) is 9.53 Å². The molecule has 0 aromatic rings. The van der Waals surface area contributed by atoms with Gasteiger partial charge in [-0.25, -0.2) is 0 Å². The molecule has 0 aromatic carbocycles. The Morgan fingerprint density at radius 2 is 2.07 bits per heavy atom. The first kappa shape index (κ1) is 12.5. The van der Waals surface area contributed by atoms with E-state index in [0.29, 0.717) is 0 Å². The molecule has 0 saturated heterocycles. The van der Waals surface area contributed by atoms with E-state index < -0.39 is 0 Å². The van der Waals surface area contributed by atoms with E-state index >= 15 is 0 Å². The monoisotopic (exact) mass is 213 g/mol. The summed E-state index contributed by atoms with van der Waals surface area (Å²) >= 11 is 0. The Balaban J connectivity index is 2.44. The van der Waals surface area contributed by atoms with Crippen molar-refractivity contribution in [2.45, 2.75) is 33.6 Å². The van der Waals surface area contributed by atoms with Gasteiger partial charge in [0.1, 0.15) is 0 Å². The van der Waals surface area contributed by atoms with Gasteiger partial charge in [0.25, 0.3) is 0 Å². The molecule has 15 heavy (non-hydrogen) atoms. The summed E-state index contributed by atoms with van der Waals surface area (Å²) in [4.78, 5) is 13.9. The van der Waals surface area contributed by atoms with Crippen molar-refractivity contribution < 1.29 is 9.53 Å². The van der Waals surface area contributed by atoms with Crippen LogP contribution < -0.4 is 0 Å². The standard InChI is InChI=1S/C12H23NO2/c1-5-13(8-10-6-7-10)9-12(2,3)11(14)15-4/h10H,5-9H2,1-4H3. The fraction of sp³-hybridized carbons (Fsp3) is 0.917. The third kappa shape index (κ3) is 3.82. The van der Waals surface area contributed by atoms with Crippen molar-refractivity contribution in [3.8, 4) is 0 Å². The van der Waals surface area contributed by atoms with Gasteiger partial charge < -0.3 is 9.64 Å². The molecule has 0 N–H and O–H groups in total. The number of hydrogen-bond donors (Lipinski definition) is 0. The molecule has 3 nitrogen and oxygen atoms in total. The van der Waals surface area contributed by atoms with E-state index in [9.17, 15) is 4.79 Å². The third-order valence-corrected chi connectivity index (χ3v) is 3.02. The summed E-state index contributed by atoms with van der Waals surface area (Å²) in [5, 5.41) is 0. The number of nitrogens with zero attached hydrogens (tertiary/aromatic N) is 1. The van der Waals surface area contributed by atoms with Crippen molar-refractivity contribution in [3.63, 3.8) is 0 Å². The lowest BCUT2D eigenvalue weighted by Crippen LogP contribution is -2.40. The van der Waals surface area contributed by atoms with E-state index in [-0.39, 0.29) is 11.4 Å². The second kappa shape index (κ2) is 4.97. The van der Waals surface area contributed by atoms with E-state index in [1.165, 1.54) is 20.0 Å². The maximum absolute atomic E-state index is 11.5. The maximum atomic E-state index is 11.5. The summed E-state index contributed by atoms with van der Waals surface area (Å²) < 4.78 is 4.82. The van der Waals surface area contributed by atoms with Gasteiger partial charge in [0.15, 0.2) is 0 Å². The van der Waals surface area contributed by atoms with Gasteiger partial charge in [-0.2, -0.15) is 0 Å². The Kier molecular flexibility index (Phi) is 4.14. The minimum atomic E-state index is -0.389. The van der Waals surface area contributed by atoms with Crippen molar-refractivity contribution in [3.05, 3.63) is 0 Å². The molecule has 0 bridgehead atoms. The molecule has 0 heterocycles. The Labute approximate surface area is 92.8 Å². The van der Waals surface area contributed by atoms with Crippen LogP contribution in [0.1, 0.15) is 33.6 Å². The van der Waals surface area contributed by atoms with Crippen LogP contribution in [0.5, 0.6) is 0 Å². The van der Waals surface area contributed by atoms with Crippen molar-refractivity contribution in [2.24, 2.45) is 11.3 Å². The highest BCUT2D eigenvalue weighted by Crippen LogP contribution is 2.30. The SMILES string of the molecule is CCN(CC1CC1)CC(C)(C)C(=O)OC. The zero-order valence-electron chi connectivity index (χ0n) is 10.4. The first-order valence-electron chi connectivity index (χ1n) is 5.80. The summed E-state index contributed by atoms with van der Waals surface area (Å²) in [5.74, 6) is 0.759. The van der Waals surface area contributed by atoms with E-state index in [0.717, 1.165) is 25.6 Å². The van der Waals surface area contributed by atoms with Gasteiger partial charge in [0.05, 0.1) is 12.5 Å². The number of carbonyl (C=O) groups is 1. The van der Waals surface area contributed by atoms with Crippen molar-refractivity contribution in [1.29, 1.82) is 0 Å². The molecule has 1 fully saturated rings. The summed E-state index contributed by atoms with van der Waals surface area (Å²) in [6.45, 7) is 9.00. The second-order valence-electron chi connectivity index (χ2n) is 5.15. The lowest BCUT2D eigenvalue weighted by molar-refractivity contribution is -0.151. The fourth-order valence-electron chi connectivity index (χ4n) is 1.87. The summed E-state index contributed by atoms with van der Waals surface area (Å²) in [6.07, 6.45) is 2.71. The molecule has 1 saturated carbocycles. The number of carbonyl (C=O) groups excluding carboxylic acids is 1. The van der Waals surface area contributed by atoms with Crippen LogP contribution in [0.3, 0.4) is 0 Å². The smallest absolute Gasteiger partial charge is 0.312 e. The normalized spacial score (nSPS) is 16.9. The Morgan fingerprint density at radius 1 is 1.47 bits per heavy atom. The summed E-state index contributed by atoms with van der Waals surface area (Å²) in [6, 6.07) is 0. The minimum Gasteiger partial charge on any atom is -0.469 e. The number of esters is 1. The number of hydrogen-bond acceptors (Lipinski definition) is 3. The van der Waals surface area contributed by atoms with Gasteiger partial charge in [0, 0.05) is 13.1 Å². The molecule has 0 unspecified atom stereocenters. The van der Waals surface area contributed by atoms with Crippen LogP contribution in [0.2, 0.25) is 0 Å². The van der Waals surface area contributed by atoms with Crippen molar-refractivity contribution in [2.75, 3.05) is 26.7 Å². The van der Waals surface area contributed by atoms with Gasteiger partial charge in [0.2, 0.25) is 0 Å². The highest BCUT2D eigenvalue weighted by molar-refractivity contribution is 5.76. The average molecular weight is 213 g/mol. The molecule has 3 heteroatoms. The lowest BCUT2D eigenvalue weighted by atomic mass is 9.93. The molecular formula is C12H23NO2. The molecule has 0 radical (unpaired) electrons. The largest absolute Gasteiger partial charge is 0.469 e. The molecule has 0 amide bonds. The van der Waals surface area contributed by atoms with E-state index in [2.05, 4.69) is 11.8 Å². The molecule has 0 atom stereocenters. The molecule has 0 spiro atoms.